The summed E-state index contributed by atoms with van der Waals surface area (Å²) in [6, 6.07) is 3.64. The second-order valence-corrected chi connectivity index (χ2v) is 10.0. The number of amides is 1. The van der Waals surface area contributed by atoms with Gasteiger partial charge in [0.25, 0.3) is 0 Å². The molecule has 2 heterocycles. The molecule has 1 amide bonds. The van der Waals surface area contributed by atoms with E-state index in [4.69, 9.17) is 4.74 Å². The molecule has 7 nitrogen and oxygen atoms in total. The number of carbonyl (C=O) groups is 2. The molecule has 10 heteroatoms. The van der Waals surface area contributed by atoms with Gasteiger partial charge < -0.3 is 15.4 Å². The van der Waals surface area contributed by atoms with E-state index < -0.39 is 0 Å². The van der Waals surface area contributed by atoms with Crippen LogP contribution in [-0.4, -0.2) is 61.1 Å². The lowest BCUT2D eigenvalue weighted by Crippen LogP contribution is -2.45. The molecule has 1 aromatic heterocycles. The van der Waals surface area contributed by atoms with Gasteiger partial charge in [0.2, 0.25) is 5.91 Å². The summed E-state index contributed by atoms with van der Waals surface area (Å²) in [4.78, 5) is 32.9. The first-order valence-corrected chi connectivity index (χ1v) is 11.9. The molecule has 1 spiro atoms. The average molecular weight is 550 g/mol. The SMILES string of the molecule is Cl.Cl.O=C(OCCN1CCNCC1)[C@H]1[C@H](C(=O)Nc2ccc(Br)nc2)[C@@H]2CC[C@H]1C21CC1. The fraction of sp³-hybridized carbons (Fsp3) is 0.682. The summed E-state index contributed by atoms with van der Waals surface area (Å²) < 4.78 is 6.47. The number of nitrogens with one attached hydrogen (secondary N) is 2. The first-order chi connectivity index (χ1) is 14.6. The van der Waals surface area contributed by atoms with Gasteiger partial charge in [-0.15, -0.1) is 24.8 Å². The lowest BCUT2D eigenvalue weighted by atomic mass is 9.78. The number of hydrogen-bond acceptors (Lipinski definition) is 6. The van der Waals surface area contributed by atoms with E-state index in [1.54, 1.807) is 12.3 Å². The van der Waals surface area contributed by atoms with Crippen LogP contribution in [0.15, 0.2) is 22.9 Å². The Hall–Kier alpha value is -0.930. The normalized spacial score (nSPS) is 29.7. The van der Waals surface area contributed by atoms with E-state index in [0.29, 0.717) is 24.1 Å². The van der Waals surface area contributed by atoms with Crippen LogP contribution in [0.3, 0.4) is 0 Å². The number of ether oxygens (including phenoxy) is 1. The predicted molar refractivity (Wildman–Crippen MR) is 130 cm³/mol. The van der Waals surface area contributed by atoms with Crippen LogP contribution < -0.4 is 10.6 Å². The van der Waals surface area contributed by atoms with Crippen molar-refractivity contribution >= 4 is 58.3 Å². The maximum atomic E-state index is 13.3. The van der Waals surface area contributed by atoms with Crippen molar-refractivity contribution in [3.63, 3.8) is 0 Å². The van der Waals surface area contributed by atoms with Crippen molar-refractivity contribution in [2.45, 2.75) is 25.7 Å². The monoisotopic (exact) mass is 548 g/mol. The Labute approximate surface area is 209 Å². The minimum atomic E-state index is -0.308. The topological polar surface area (TPSA) is 83.6 Å². The highest BCUT2D eigenvalue weighted by atomic mass is 79.9. The minimum absolute atomic E-state index is 0. The third kappa shape index (κ3) is 4.80. The van der Waals surface area contributed by atoms with Gasteiger partial charge in [-0.3, -0.25) is 14.5 Å². The predicted octanol–water partition coefficient (Wildman–Crippen LogP) is 3.13. The number of aromatic nitrogens is 1. The molecule has 5 rings (SSSR count). The zero-order valence-electron chi connectivity index (χ0n) is 17.9. The van der Waals surface area contributed by atoms with E-state index in [0.717, 1.165) is 63.0 Å². The van der Waals surface area contributed by atoms with Crippen LogP contribution in [0.25, 0.3) is 0 Å². The van der Waals surface area contributed by atoms with Gasteiger partial charge in [0.15, 0.2) is 0 Å². The Morgan fingerprint density at radius 3 is 2.47 bits per heavy atom. The van der Waals surface area contributed by atoms with Crippen LogP contribution in [-0.2, 0) is 14.3 Å². The van der Waals surface area contributed by atoms with Crippen molar-refractivity contribution in [1.82, 2.24) is 15.2 Å². The molecule has 4 fully saturated rings. The molecule has 0 radical (unpaired) electrons. The third-order valence-electron chi connectivity index (χ3n) is 7.78. The summed E-state index contributed by atoms with van der Waals surface area (Å²) in [7, 11) is 0. The number of rotatable bonds is 6. The highest BCUT2D eigenvalue weighted by Gasteiger charge is 2.71. The number of anilines is 1. The molecule has 0 aromatic carbocycles. The van der Waals surface area contributed by atoms with Crippen molar-refractivity contribution in [2.75, 3.05) is 44.6 Å². The lowest BCUT2D eigenvalue weighted by Gasteiger charge is -2.29. The zero-order chi connectivity index (χ0) is 20.7. The van der Waals surface area contributed by atoms with E-state index in [9.17, 15) is 9.59 Å². The second-order valence-electron chi connectivity index (χ2n) is 9.19. The van der Waals surface area contributed by atoms with E-state index in [1.165, 1.54) is 0 Å². The average Bonchev–Trinajstić information content (AvgIpc) is 3.42. The molecular formula is C22H31BrCl2N4O3. The van der Waals surface area contributed by atoms with Crippen molar-refractivity contribution in [1.29, 1.82) is 0 Å². The van der Waals surface area contributed by atoms with Crippen LogP contribution in [0.1, 0.15) is 25.7 Å². The summed E-state index contributed by atoms with van der Waals surface area (Å²) in [5, 5.41) is 6.34. The van der Waals surface area contributed by atoms with Gasteiger partial charge >= 0.3 is 5.97 Å². The molecule has 3 saturated carbocycles. The van der Waals surface area contributed by atoms with Crippen LogP contribution in [0.4, 0.5) is 5.69 Å². The van der Waals surface area contributed by atoms with Crippen LogP contribution >= 0.6 is 40.7 Å². The lowest BCUT2D eigenvalue weighted by molar-refractivity contribution is -0.155. The van der Waals surface area contributed by atoms with E-state index in [1.807, 2.05) is 6.07 Å². The number of esters is 1. The van der Waals surface area contributed by atoms with Gasteiger partial charge in [0, 0.05) is 32.7 Å². The van der Waals surface area contributed by atoms with Crippen LogP contribution in [0.2, 0.25) is 0 Å². The van der Waals surface area contributed by atoms with Gasteiger partial charge in [0.1, 0.15) is 11.2 Å². The number of piperazine rings is 1. The Kier molecular flexibility index (Phi) is 8.47. The minimum Gasteiger partial charge on any atom is -0.464 e. The number of halogens is 3. The summed E-state index contributed by atoms with van der Waals surface area (Å²) in [6.45, 7) is 5.11. The summed E-state index contributed by atoms with van der Waals surface area (Å²) in [5.74, 6) is -0.219. The van der Waals surface area contributed by atoms with Crippen molar-refractivity contribution < 1.29 is 14.3 Å². The van der Waals surface area contributed by atoms with Gasteiger partial charge in [-0.2, -0.15) is 0 Å². The number of pyridine rings is 1. The summed E-state index contributed by atoms with van der Waals surface area (Å²) in [6.07, 6.45) is 6.04. The molecule has 4 aliphatic rings. The quantitative estimate of drug-likeness (QED) is 0.419. The summed E-state index contributed by atoms with van der Waals surface area (Å²) >= 11 is 3.32. The van der Waals surface area contributed by atoms with Crippen molar-refractivity contribution in [3.05, 3.63) is 22.9 Å². The summed E-state index contributed by atoms with van der Waals surface area (Å²) in [5.41, 5.74) is 0.879. The fourth-order valence-corrected chi connectivity index (χ4v) is 6.54. The maximum Gasteiger partial charge on any atom is 0.310 e. The first-order valence-electron chi connectivity index (χ1n) is 11.1. The molecule has 1 saturated heterocycles. The molecule has 4 atom stereocenters. The standard InChI is InChI=1S/C22H29BrN4O3.2ClH/c23-17-4-1-14(13-25-17)26-20(28)18-15-2-3-16(22(15)5-6-22)19(18)21(29)30-12-11-27-9-7-24-8-10-27;;/h1,4,13,15-16,18-19,24H,2-3,5-12H2,(H,26,28);2*1H/t15-,16+,18+,19+;;/m0../s1. The van der Waals surface area contributed by atoms with Crippen LogP contribution in [0, 0.1) is 29.1 Å². The van der Waals surface area contributed by atoms with Gasteiger partial charge in [0.05, 0.1) is 23.7 Å². The van der Waals surface area contributed by atoms with Crippen molar-refractivity contribution in [2.24, 2.45) is 29.1 Å². The maximum absolute atomic E-state index is 13.3. The molecule has 178 valence electrons. The van der Waals surface area contributed by atoms with Crippen molar-refractivity contribution in [3.8, 4) is 0 Å². The molecule has 3 aliphatic carbocycles. The Morgan fingerprint density at radius 2 is 1.84 bits per heavy atom. The highest BCUT2D eigenvalue weighted by molar-refractivity contribution is 9.10. The number of carbonyl (C=O) groups excluding carboxylic acids is 2. The molecule has 2 bridgehead atoms. The third-order valence-corrected chi connectivity index (χ3v) is 8.25. The van der Waals surface area contributed by atoms with Gasteiger partial charge in [-0.25, -0.2) is 4.98 Å². The fourth-order valence-electron chi connectivity index (χ4n) is 6.31. The number of hydrogen-bond donors (Lipinski definition) is 2. The second kappa shape index (κ2) is 10.6. The molecule has 0 unspecified atom stereocenters. The van der Waals surface area contributed by atoms with E-state index in [-0.39, 0.29) is 53.9 Å². The molecular weight excluding hydrogens is 519 g/mol. The van der Waals surface area contributed by atoms with E-state index >= 15 is 0 Å². The Bertz CT molecular complexity index is 818. The molecule has 2 N–H and O–H groups in total. The van der Waals surface area contributed by atoms with Gasteiger partial charge in [-0.05, 0) is 71.0 Å². The van der Waals surface area contributed by atoms with Gasteiger partial charge in [-0.1, -0.05) is 0 Å². The zero-order valence-corrected chi connectivity index (χ0v) is 21.1. The largest absolute Gasteiger partial charge is 0.464 e. The smallest absolute Gasteiger partial charge is 0.310 e. The molecule has 1 aliphatic heterocycles. The Morgan fingerprint density at radius 1 is 1.16 bits per heavy atom. The first kappa shape index (κ1) is 25.7. The van der Waals surface area contributed by atoms with E-state index in [2.05, 4.69) is 36.4 Å². The van der Waals surface area contributed by atoms with Crippen LogP contribution in [0.5, 0.6) is 0 Å². The highest BCUT2D eigenvalue weighted by Crippen LogP contribution is 2.74. The molecule has 1 aromatic rings. The number of nitrogens with zero attached hydrogens (tertiary/aromatic N) is 2. The molecule has 32 heavy (non-hydrogen) atoms. The Balaban J connectivity index is 0.00000144.